The molecule has 1 fully saturated rings. The van der Waals surface area contributed by atoms with Crippen molar-refractivity contribution < 1.29 is 9.13 Å². The topological polar surface area (TPSA) is 38.5 Å². The van der Waals surface area contributed by atoms with Gasteiger partial charge in [-0.1, -0.05) is 0 Å². The lowest BCUT2D eigenvalue weighted by molar-refractivity contribution is 0.202. The molecule has 3 nitrogen and oxygen atoms in total. The summed E-state index contributed by atoms with van der Waals surface area (Å²) in [5.41, 5.74) is 7.76. The van der Waals surface area contributed by atoms with Crippen LogP contribution in [0.2, 0.25) is 0 Å². The second-order valence-electron chi connectivity index (χ2n) is 5.58. The van der Waals surface area contributed by atoms with E-state index in [0.29, 0.717) is 25.6 Å². The van der Waals surface area contributed by atoms with Gasteiger partial charge in [0.1, 0.15) is 5.82 Å². The molecule has 2 rings (SSSR count). The molecule has 1 aliphatic rings. The maximum atomic E-state index is 13.5. The van der Waals surface area contributed by atoms with Gasteiger partial charge in [0.05, 0.1) is 6.61 Å². The van der Waals surface area contributed by atoms with Crippen LogP contribution in [0.25, 0.3) is 0 Å². The van der Waals surface area contributed by atoms with E-state index in [1.54, 1.807) is 13.2 Å². The van der Waals surface area contributed by atoms with E-state index in [-0.39, 0.29) is 5.82 Å². The third kappa shape index (κ3) is 3.70. The minimum absolute atomic E-state index is 0.192. The Morgan fingerprint density at radius 3 is 2.80 bits per heavy atom. The number of rotatable bonds is 8. The van der Waals surface area contributed by atoms with E-state index in [2.05, 4.69) is 11.8 Å². The van der Waals surface area contributed by atoms with Gasteiger partial charge in [0.2, 0.25) is 0 Å². The van der Waals surface area contributed by atoms with Gasteiger partial charge in [-0.25, -0.2) is 4.39 Å². The van der Waals surface area contributed by atoms with Gasteiger partial charge in [-0.3, -0.25) is 0 Å². The van der Waals surface area contributed by atoms with Gasteiger partial charge in [-0.05, 0) is 62.4 Å². The van der Waals surface area contributed by atoms with Gasteiger partial charge in [0.25, 0.3) is 0 Å². The second kappa shape index (κ2) is 7.04. The molecule has 0 heterocycles. The number of hydrogen-bond acceptors (Lipinski definition) is 3. The van der Waals surface area contributed by atoms with Crippen LogP contribution in [0.3, 0.4) is 0 Å². The summed E-state index contributed by atoms with van der Waals surface area (Å²) in [6, 6.07) is 5.50. The second-order valence-corrected chi connectivity index (χ2v) is 5.58. The Kier molecular flexibility index (Phi) is 5.38. The van der Waals surface area contributed by atoms with Crippen LogP contribution in [0, 0.1) is 11.7 Å². The van der Waals surface area contributed by atoms with Gasteiger partial charge in [0.15, 0.2) is 0 Å². The molecule has 0 aromatic heterocycles. The molecular weight excluding hydrogens is 255 g/mol. The predicted molar refractivity (Wildman–Crippen MR) is 80.6 cm³/mol. The summed E-state index contributed by atoms with van der Waals surface area (Å²) in [6.45, 7) is 4.29. The number of nitrogens with two attached hydrogens (primary N) is 1. The summed E-state index contributed by atoms with van der Waals surface area (Å²) >= 11 is 0. The maximum absolute atomic E-state index is 13.5. The highest BCUT2D eigenvalue weighted by atomic mass is 19.1. The maximum Gasteiger partial charge on any atom is 0.123 e. The average Bonchev–Trinajstić information content (AvgIpc) is 3.25. The molecule has 1 unspecified atom stereocenters. The van der Waals surface area contributed by atoms with Gasteiger partial charge < -0.3 is 15.4 Å². The van der Waals surface area contributed by atoms with Gasteiger partial charge in [0, 0.05) is 25.4 Å². The van der Waals surface area contributed by atoms with Gasteiger partial charge in [-0.15, -0.1) is 0 Å². The summed E-state index contributed by atoms with van der Waals surface area (Å²) in [5.74, 6) is 0.561. The van der Waals surface area contributed by atoms with E-state index >= 15 is 0 Å². The SMILES string of the molecule is COCCN(c1ccc(F)cc1CCN)C(C)C1CC1. The van der Waals surface area contributed by atoms with Crippen LogP contribution < -0.4 is 10.6 Å². The van der Waals surface area contributed by atoms with Crippen LogP contribution in [-0.4, -0.2) is 32.8 Å². The number of hydrogen-bond donors (Lipinski definition) is 1. The third-order valence-corrected chi connectivity index (χ3v) is 4.10. The van der Waals surface area contributed by atoms with E-state index in [4.69, 9.17) is 10.5 Å². The van der Waals surface area contributed by atoms with Crippen LogP contribution in [0.4, 0.5) is 10.1 Å². The molecule has 1 atom stereocenters. The van der Waals surface area contributed by atoms with Crippen molar-refractivity contribution in [3.63, 3.8) is 0 Å². The van der Waals surface area contributed by atoms with Crippen molar-refractivity contribution in [2.75, 3.05) is 31.7 Å². The summed E-state index contributed by atoms with van der Waals surface area (Å²) in [7, 11) is 1.71. The largest absolute Gasteiger partial charge is 0.383 e. The molecule has 0 aliphatic heterocycles. The molecule has 0 radical (unpaired) electrons. The van der Waals surface area contributed by atoms with E-state index < -0.39 is 0 Å². The number of ether oxygens (including phenoxy) is 1. The van der Waals surface area contributed by atoms with Crippen molar-refractivity contribution >= 4 is 5.69 Å². The van der Waals surface area contributed by atoms with Crippen molar-refractivity contribution in [1.82, 2.24) is 0 Å². The first-order valence-electron chi connectivity index (χ1n) is 7.41. The molecule has 2 N–H and O–H groups in total. The molecule has 0 saturated heterocycles. The van der Waals surface area contributed by atoms with Crippen molar-refractivity contribution in [2.24, 2.45) is 11.7 Å². The first-order valence-corrected chi connectivity index (χ1v) is 7.41. The van der Waals surface area contributed by atoms with E-state index in [1.807, 2.05) is 6.07 Å². The van der Waals surface area contributed by atoms with Crippen molar-refractivity contribution in [3.05, 3.63) is 29.6 Å². The Hall–Kier alpha value is -1.13. The first kappa shape index (κ1) is 15.3. The van der Waals surface area contributed by atoms with Gasteiger partial charge >= 0.3 is 0 Å². The average molecular weight is 280 g/mol. The Morgan fingerprint density at radius 2 is 2.20 bits per heavy atom. The Morgan fingerprint density at radius 1 is 1.45 bits per heavy atom. The lowest BCUT2D eigenvalue weighted by Gasteiger charge is -2.33. The first-order chi connectivity index (χ1) is 9.67. The number of benzene rings is 1. The number of anilines is 1. The zero-order valence-electron chi connectivity index (χ0n) is 12.4. The number of methoxy groups -OCH3 is 1. The Labute approximate surface area is 120 Å². The molecule has 20 heavy (non-hydrogen) atoms. The summed E-state index contributed by atoms with van der Waals surface area (Å²) in [4.78, 5) is 2.35. The third-order valence-electron chi connectivity index (χ3n) is 4.10. The molecule has 112 valence electrons. The monoisotopic (exact) mass is 280 g/mol. The fourth-order valence-corrected chi connectivity index (χ4v) is 2.76. The fraction of sp³-hybridized carbons (Fsp3) is 0.625. The zero-order chi connectivity index (χ0) is 14.5. The van der Waals surface area contributed by atoms with Crippen molar-refractivity contribution in [2.45, 2.75) is 32.2 Å². The molecule has 1 aromatic rings. The number of nitrogens with zero attached hydrogens (tertiary/aromatic N) is 1. The Balaban J connectivity index is 2.25. The predicted octanol–water partition coefficient (Wildman–Crippen LogP) is 2.58. The molecule has 0 spiro atoms. The summed E-state index contributed by atoms with van der Waals surface area (Å²) in [5, 5.41) is 0. The highest BCUT2D eigenvalue weighted by Gasteiger charge is 2.32. The highest BCUT2D eigenvalue weighted by molar-refractivity contribution is 5.55. The molecule has 0 amide bonds. The molecular formula is C16H25FN2O. The van der Waals surface area contributed by atoms with Crippen LogP contribution in [0.5, 0.6) is 0 Å². The van der Waals surface area contributed by atoms with E-state index in [9.17, 15) is 4.39 Å². The highest BCUT2D eigenvalue weighted by Crippen LogP contribution is 2.37. The minimum atomic E-state index is -0.192. The lowest BCUT2D eigenvalue weighted by Crippen LogP contribution is -2.38. The molecule has 1 aliphatic carbocycles. The minimum Gasteiger partial charge on any atom is -0.383 e. The summed E-state index contributed by atoms with van der Waals surface area (Å²) in [6.07, 6.45) is 3.28. The molecule has 4 heteroatoms. The fourth-order valence-electron chi connectivity index (χ4n) is 2.76. The molecule has 1 saturated carbocycles. The van der Waals surface area contributed by atoms with Gasteiger partial charge in [-0.2, -0.15) is 0 Å². The van der Waals surface area contributed by atoms with Crippen LogP contribution >= 0.6 is 0 Å². The van der Waals surface area contributed by atoms with Crippen LogP contribution in [0.15, 0.2) is 18.2 Å². The quantitative estimate of drug-likeness (QED) is 0.795. The molecule has 1 aromatic carbocycles. The summed E-state index contributed by atoms with van der Waals surface area (Å²) < 4.78 is 18.7. The lowest BCUT2D eigenvalue weighted by atomic mass is 10.1. The normalized spacial score (nSPS) is 16.2. The van der Waals surface area contributed by atoms with Crippen molar-refractivity contribution in [1.29, 1.82) is 0 Å². The standard InChI is InChI=1S/C16H25FN2O/c1-12(13-3-4-13)19(9-10-20-2)16-6-5-15(17)11-14(16)7-8-18/h5-6,11-13H,3-4,7-10,18H2,1-2H3. The van der Waals surface area contributed by atoms with Crippen LogP contribution in [0.1, 0.15) is 25.3 Å². The van der Waals surface area contributed by atoms with Crippen LogP contribution in [-0.2, 0) is 11.2 Å². The van der Waals surface area contributed by atoms with E-state index in [0.717, 1.165) is 23.7 Å². The zero-order valence-corrected chi connectivity index (χ0v) is 12.4. The Bertz CT molecular complexity index is 434. The van der Waals surface area contributed by atoms with Crippen molar-refractivity contribution in [3.8, 4) is 0 Å². The molecule has 0 bridgehead atoms. The van der Waals surface area contributed by atoms with E-state index in [1.165, 1.54) is 18.9 Å². The smallest absolute Gasteiger partial charge is 0.123 e. The number of halogens is 1.